The standard InChI is InChI=1S/C19H22N2O4/c1-11-9-12(2)16(15-14(11)17(22)21(3)18(15)23)20-19(24)25-10-13-7-5-4-6-8-13/h4-9,11,14-16H,10H2,1-3H3,(H,20,24)/t11-,14-,15-,16+/m0/s1. The molecule has 1 heterocycles. The normalized spacial score (nSPS) is 28.4. The highest BCUT2D eigenvalue weighted by atomic mass is 16.5. The van der Waals surface area contributed by atoms with E-state index < -0.39 is 24.0 Å². The fourth-order valence-electron chi connectivity index (χ4n) is 3.77. The number of nitrogens with zero attached hydrogens (tertiary/aromatic N) is 1. The lowest BCUT2D eigenvalue weighted by Crippen LogP contribution is -2.49. The molecule has 1 aromatic carbocycles. The summed E-state index contributed by atoms with van der Waals surface area (Å²) in [6, 6.07) is 8.84. The molecule has 25 heavy (non-hydrogen) atoms. The predicted octanol–water partition coefficient (Wildman–Crippen LogP) is 2.11. The van der Waals surface area contributed by atoms with E-state index in [0.717, 1.165) is 11.1 Å². The van der Waals surface area contributed by atoms with Crippen LogP contribution in [0.3, 0.4) is 0 Å². The van der Waals surface area contributed by atoms with Crippen molar-refractivity contribution in [1.29, 1.82) is 0 Å². The number of alkyl carbamates (subject to hydrolysis) is 1. The molecule has 0 saturated carbocycles. The monoisotopic (exact) mass is 342 g/mol. The Morgan fingerprint density at radius 1 is 1.16 bits per heavy atom. The molecule has 6 nitrogen and oxygen atoms in total. The number of hydrogen-bond donors (Lipinski definition) is 1. The third-order valence-corrected chi connectivity index (χ3v) is 5.05. The van der Waals surface area contributed by atoms with Crippen LogP contribution in [0.4, 0.5) is 4.79 Å². The van der Waals surface area contributed by atoms with Crippen molar-refractivity contribution in [2.24, 2.45) is 17.8 Å². The van der Waals surface area contributed by atoms with Gasteiger partial charge in [0, 0.05) is 7.05 Å². The van der Waals surface area contributed by atoms with Crippen molar-refractivity contribution in [3.05, 3.63) is 47.5 Å². The molecular weight excluding hydrogens is 320 g/mol. The molecular formula is C19H22N2O4. The van der Waals surface area contributed by atoms with Crippen LogP contribution in [0, 0.1) is 17.8 Å². The van der Waals surface area contributed by atoms with Gasteiger partial charge in [0.2, 0.25) is 11.8 Å². The minimum absolute atomic E-state index is 0.0372. The fraction of sp³-hybridized carbons (Fsp3) is 0.421. The summed E-state index contributed by atoms with van der Waals surface area (Å²) in [6.07, 6.45) is 1.36. The first-order valence-electron chi connectivity index (χ1n) is 8.37. The second-order valence-electron chi connectivity index (χ2n) is 6.74. The number of benzene rings is 1. The minimum atomic E-state index is -0.593. The van der Waals surface area contributed by atoms with Gasteiger partial charge in [0.05, 0.1) is 17.9 Å². The Bertz CT molecular complexity index is 728. The molecule has 1 aliphatic heterocycles. The first-order valence-corrected chi connectivity index (χ1v) is 8.37. The second-order valence-corrected chi connectivity index (χ2v) is 6.74. The zero-order chi connectivity index (χ0) is 18.1. The third kappa shape index (κ3) is 3.16. The number of hydrogen-bond acceptors (Lipinski definition) is 4. The summed E-state index contributed by atoms with van der Waals surface area (Å²) >= 11 is 0. The highest BCUT2D eigenvalue weighted by Crippen LogP contribution is 2.40. The Balaban J connectivity index is 1.72. The Hall–Kier alpha value is -2.63. The quantitative estimate of drug-likeness (QED) is 0.674. The highest BCUT2D eigenvalue weighted by Gasteiger charge is 2.54. The zero-order valence-electron chi connectivity index (χ0n) is 14.6. The molecule has 1 N–H and O–H groups in total. The van der Waals surface area contributed by atoms with E-state index in [2.05, 4.69) is 5.32 Å². The number of rotatable bonds is 3. The molecule has 4 atom stereocenters. The number of nitrogens with one attached hydrogen (secondary N) is 1. The molecule has 1 fully saturated rings. The van der Waals surface area contributed by atoms with Crippen molar-refractivity contribution in [1.82, 2.24) is 10.2 Å². The number of amides is 3. The van der Waals surface area contributed by atoms with Crippen LogP contribution in [-0.4, -0.2) is 35.9 Å². The summed E-state index contributed by atoms with van der Waals surface area (Å²) in [5, 5.41) is 2.77. The number of imide groups is 1. The molecule has 0 spiro atoms. The Morgan fingerprint density at radius 3 is 2.48 bits per heavy atom. The molecule has 1 saturated heterocycles. The predicted molar refractivity (Wildman–Crippen MR) is 91.2 cm³/mol. The topological polar surface area (TPSA) is 75.7 Å². The van der Waals surface area contributed by atoms with Crippen LogP contribution >= 0.6 is 0 Å². The SMILES string of the molecule is CC1=C[C@H](C)[C@@H]2C(=O)N(C)C(=O)[C@@H]2[C@@H]1NC(=O)OCc1ccccc1. The average molecular weight is 342 g/mol. The minimum Gasteiger partial charge on any atom is -0.445 e. The summed E-state index contributed by atoms with van der Waals surface area (Å²) in [5.41, 5.74) is 1.76. The maximum absolute atomic E-state index is 12.5. The van der Waals surface area contributed by atoms with Crippen molar-refractivity contribution >= 4 is 17.9 Å². The summed E-state index contributed by atoms with van der Waals surface area (Å²) in [5.74, 6) is -1.47. The van der Waals surface area contributed by atoms with Gasteiger partial charge in [0.1, 0.15) is 6.61 Å². The highest BCUT2D eigenvalue weighted by molar-refractivity contribution is 6.06. The Labute approximate surface area is 146 Å². The molecule has 0 aromatic heterocycles. The van der Waals surface area contributed by atoms with E-state index in [1.54, 1.807) is 0 Å². The second kappa shape index (κ2) is 6.70. The fourth-order valence-corrected chi connectivity index (χ4v) is 3.77. The lowest BCUT2D eigenvalue weighted by molar-refractivity contribution is -0.138. The van der Waals surface area contributed by atoms with Crippen LogP contribution in [0.15, 0.2) is 42.0 Å². The molecule has 1 aliphatic carbocycles. The summed E-state index contributed by atoms with van der Waals surface area (Å²) in [6.45, 7) is 3.94. The van der Waals surface area contributed by atoms with E-state index in [-0.39, 0.29) is 24.3 Å². The van der Waals surface area contributed by atoms with Crippen molar-refractivity contribution in [2.75, 3.05) is 7.05 Å². The Morgan fingerprint density at radius 2 is 1.80 bits per heavy atom. The average Bonchev–Trinajstić information content (AvgIpc) is 2.82. The van der Waals surface area contributed by atoms with E-state index in [4.69, 9.17) is 4.74 Å². The maximum Gasteiger partial charge on any atom is 0.407 e. The summed E-state index contributed by atoms with van der Waals surface area (Å²) in [7, 11) is 1.50. The van der Waals surface area contributed by atoms with Gasteiger partial charge in [0.25, 0.3) is 0 Å². The van der Waals surface area contributed by atoms with Gasteiger partial charge in [-0.3, -0.25) is 14.5 Å². The number of allylic oxidation sites excluding steroid dienone is 1. The molecule has 1 aromatic rings. The van der Waals surface area contributed by atoms with Gasteiger partial charge in [-0.15, -0.1) is 0 Å². The summed E-state index contributed by atoms with van der Waals surface area (Å²) < 4.78 is 5.26. The molecule has 132 valence electrons. The van der Waals surface area contributed by atoms with E-state index in [0.29, 0.717) is 0 Å². The van der Waals surface area contributed by atoms with E-state index >= 15 is 0 Å². The first kappa shape index (κ1) is 17.2. The van der Waals surface area contributed by atoms with Crippen molar-refractivity contribution in [2.45, 2.75) is 26.5 Å². The van der Waals surface area contributed by atoms with Crippen molar-refractivity contribution < 1.29 is 19.1 Å². The zero-order valence-corrected chi connectivity index (χ0v) is 14.6. The van der Waals surface area contributed by atoms with E-state index in [1.165, 1.54) is 11.9 Å². The number of carbonyl (C=O) groups is 3. The van der Waals surface area contributed by atoms with Gasteiger partial charge >= 0.3 is 6.09 Å². The van der Waals surface area contributed by atoms with E-state index in [9.17, 15) is 14.4 Å². The van der Waals surface area contributed by atoms with Gasteiger partial charge in [-0.2, -0.15) is 0 Å². The third-order valence-electron chi connectivity index (χ3n) is 5.05. The molecule has 6 heteroatoms. The van der Waals surface area contributed by atoms with E-state index in [1.807, 2.05) is 50.3 Å². The van der Waals surface area contributed by atoms with Crippen molar-refractivity contribution in [3.63, 3.8) is 0 Å². The maximum atomic E-state index is 12.5. The van der Waals surface area contributed by atoms with Crippen LogP contribution in [0.25, 0.3) is 0 Å². The summed E-state index contributed by atoms with van der Waals surface area (Å²) in [4.78, 5) is 38.2. The van der Waals surface area contributed by atoms with Crippen LogP contribution in [0.2, 0.25) is 0 Å². The van der Waals surface area contributed by atoms with Gasteiger partial charge < -0.3 is 10.1 Å². The Kier molecular flexibility index (Phi) is 4.61. The molecule has 3 amide bonds. The van der Waals surface area contributed by atoms with Gasteiger partial charge in [-0.25, -0.2) is 4.79 Å². The van der Waals surface area contributed by atoms with Crippen LogP contribution in [0.1, 0.15) is 19.4 Å². The van der Waals surface area contributed by atoms with Gasteiger partial charge in [-0.1, -0.05) is 48.9 Å². The molecule has 0 unspecified atom stereocenters. The van der Waals surface area contributed by atoms with Gasteiger partial charge in [-0.05, 0) is 18.4 Å². The molecule has 2 aliphatic rings. The number of ether oxygens (including phenoxy) is 1. The first-order chi connectivity index (χ1) is 11.9. The largest absolute Gasteiger partial charge is 0.445 e. The number of likely N-dealkylation sites (tertiary alicyclic amines) is 1. The molecule has 0 bridgehead atoms. The number of carbonyl (C=O) groups excluding carboxylic acids is 3. The van der Waals surface area contributed by atoms with Crippen LogP contribution < -0.4 is 5.32 Å². The lowest BCUT2D eigenvalue weighted by Gasteiger charge is -2.33. The lowest BCUT2D eigenvalue weighted by atomic mass is 9.72. The smallest absolute Gasteiger partial charge is 0.407 e. The molecule has 3 rings (SSSR count). The van der Waals surface area contributed by atoms with Gasteiger partial charge in [0.15, 0.2) is 0 Å². The number of fused-ring (bicyclic) bond motifs is 1. The van der Waals surface area contributed by atoms with Crippen LogP contribution in [0.5, 0.6) is 0 Å². The van der Waals surface area contributed by atoms with Crippen molar-refractivity contribution in [3.8, 4) is 0 Å². The van der Waals surface area contributed by atoms with Crippen LogP contribution in [-0.2, 0) is 20.9 Å². The molecule has 0 radical (unpaired) electrons.